The lowest BCUT2D eigenvalue weighted by Gasteiger charge is -2.29. The van der Waals surface area contributed by atoms with E-state index in [0.717, 1.165) is 66.2 Å². The molecule has 0 saturated heterocycles. The second kappa shape index (κ2) is 15.9. The van der Waals surface area contributed by atoms with Crippen molar-refractivity contribution < 1.29 is 26.3 Å². The number of hydrogen-bond acceptors (Lipinski definition) is 2. The highest BCUT2D eigenvalue weighted by Gasteiger charge is 2.37. The van der Waals surface area contributed by atoms with Gasteiger partial charge in [-0.2, -0.15) is 31.6 Å². The summed E-state index contributed by atoms with van der Waals surface area (Å²) in [6.45, 7) is 0. The maximum atomic E-state index is 15.2. The number of nitriles is 1. The molecule has 0 saturated carbocycles. The molecule has 0 spiro atoms. The van der Waals surface area contributed by atoms with E-state index in [0.29, 0.717) is 71.9 Å². The van der Waals surface area contributed by atoms with Crippen molar-refractivity contribution in [3.05, 3.63) is 223 Å². The minimum absolute atomic E-state index is 0.166. The molecule has 0 aliphatic rings. The van der Waals surface area contributed by atoms with Gasteiger partial charge in [0, 0.05) is 63.6 Å². The summed E-state index contributed by atoms with van der Waals surface area (Å²) in [6, 6.07) is 64.1. The minimum atomic E-state index is -4.73. The Hall–Kier alpha value is -9.11. The van der Waals surface area contributed by atoms with Crippen molar-refractivity contribution in [2.75, 3.05) is 0 Å². The van der Waals surface area contributed by atoms with Crippen molar-refractivity contribution in [3.63, 3.8) is 0 Å². The van der Waals surface area contributed by atoms with E-state index in [4.69, 9.17) is 0 Å². The molecule has 0 unspecified atom stereocenters. The van der Waals surface area contributed by atoms with Crippen LogP contribution in [0.5, 0.6) is 0 Å². The van der Waals surface area contributed by atoms with Gasteiger partial charge in [0.15, 0.2) is 0 Å². The summed E-state index contributed by atoms with van der Waals surface area (Å²) in [5, 5.41) is 18.4. The van der Waals surface area contributed by atoms with E-state index in [1.807, 2.05) is 155 Å². The number of rotatable bonds is 5. The second-order valence-corrected chi connectivity index (χ2v) is 19.6. The minimum Gasteiger partial charge on any atom is -0.306 e. The Labute approximate surface area is 421 Å². The van der Waals surface area contributed by atoms with Crippen LogP contribution < -0.4 is 0 Å². The third kappa shape index (κ3) is 6.34. The molecule has 0 aliphatic heterocycles. The predicted octanol–water partition coefficient (Wildman–Crippen LogP) is 18.6. The maximum absolute atomic E-state index is 15.2. The van der Waals surface area contributed by atoms with Crippen molar-refractivity contribution in [3.8, 4) is 45.4 Å². The van der Waals surface area contributed by atoms with Crippen molar-refractivity contribution in [1.29, 1.82) is 5.26 Å². The Balaban J connectivity index is 1.34. The third-order valence-electron chi connectivity index (χ3n) is 14.5. The monoisotopic (exact) mass is 992 g/mol. The molecular formula is C63H34F6N4S. The number of para-hydroxylation sites is 3. The lowest BCUT2D eigenvalue weighted by atomic mass is 9.87. The van der Waals surface area contributed by atoms with Gasteiger partial charge in [-0.1, -0.05) is 146 Å². The molecule has 0 N–H and O–H groups in total. The summed E-state index contributed by atoms with van der Waals surface area (Å²) in [5.41, 5.74) is 4.57. The van der Waals surface area contributed by atoms with Gasteiger partial charge in [-0.05, 0) is 71.8 Å². The second-order valence-electron chi connectivity index (χ2n) is 18.5. The molecule has 4 heterocycles. The normalized spacial score (nSPS) is 12.4. The van der Waals surface area contributed by atoms with E-state index < -0.39 is 23.5 Å². The van der Waals surface area contributed by atoms with E-state index in [-0.39, 0.29) is 16.6 Å². The van der Waals surface area contributed by atoms with Crippen LogP contribution in [0.2, 0.25) is 0 Å². The quantitative estimate of drug-likeness (QED) is 0.158. The SMILES string of the molecule is N#Cc1c(-c2ccccc2)c(-n2c3ccccc3c3ccc(C(F)(F)F)cc32)c(-n2c3ccccc3c3cc4c(cc32)sc2ccccc24)c(-n2c3ccccc3c3ccc(C(F)(F)F)cc32)c1-c1ccccc1. The van der Waals surface area contributed by atoms with Crippen LogP contribution in [0, 0.1) is 11.3 Å². The van der Waals surface area contributed by atoms with Crippen molar-refractivity contribution in [2.45, 2.75) is 12.4 Å². The molecule has 0 fully saturated rings. The highest BCUT2D eigenvalue weighted by molar-refractivity contribution is 7.25. The fourth-order valence-electron chi connectivity index (χ4n) is 11.4. The maximum Gasteiger partial charge on any atom is 0.416 e. The van der Waals surface area contributed by atoms with Gasteiger partial charge in [-0.15, -0.1) is 11.3 Å². The first kappa shape index (κ1) is 43.7. The molecule has 10 aromatic carbocycles. The number of fused-ring (bicyclic) bond motifs is 12. The molecule has 0 aliphatic carbocycles. The first-order valence-corrected chi connectivity index (χ1v) is 24.6. The largest absolute Gasteiger partial charge is 0.416 e. The Morgan fingerprint density at radius 3 is 1.20 bits per heavy atom. The molecule has 0 amide bonds. The van der Waals surface area contributed by atoms with Gasteiger partial charge < -0.3 is 13.7 Å². The highest BCUT2D eigenvalue weighted by atomic mass is 32.1. The third-order valence-corrected chi connectivity index (χ3v) is 15.6. The fraction of sp³-hybridized carbons (Fsp3) is 0.0317. The topological polar surface area (TPSA) is 38.6 Å². The summed E-state index contributed by atoms with van der Waals surface area (Å²) in [4.78, 5) is 0. The van der Waals surface area contributed by atoms with Crippen LogP contribution in [0.1, 0.15) is 16.7 Å². The van der Waals surface area contributed by atoms with Crippen LogP contribution in [0.15, 0.2) is 206 Å². The van der Waals surface area contributed by atoms with E-state index in [1.54, 1.807) is 11.3 Å². The zero-order valence-corrected chi connectivity index (χ0v) is 39.4. The molecule has 74 heavy (non-hydrogen) atoms. The van der Waals surface area contributed by atoms with Crippen LogP contribution >= 0.6 is 11.3 Å². The Morgan fingerprint density at radius 1 is 0.338 bits per heavy atom. The fourth-order valence-corrected chi connectivity index (χ4v) is 12.6. The van der Waals surface area contributed by atoms with Crippen molar-refractivity contribution >= 4 is 96.9 Å². The van der Waals surface area contributed by atoms with Crippen molar-refractivity contribution in [2.24, 2.45) is 0 Å². The molecule has 4 aromatic heterocycles. The Bertz CT molecular complexity index is 4510. The lowest BCUT2D eigenvalue weighted by Crippen LogP contribution is -2.15. The predicted molar refractivity (Wildman–Crippen MR) is 288 cm³/mol. The average molecular weight is 993 g/mol. The molecule has 11 heteroatoms. The molecular weight excluding hydrogens is 959 g/mol. The van der Waals surface area contributed by atoms with E-state index in [9.17, 15) is 5.26 Å². The summed E-state index contributed by atoms with van der Waals surface area (Å²) < 4.78 is 99.0. The first-order chi connectivity index (χ1) is 36.0. The standard InChI is InChI=1S/C63H34F6N4S/c64-62(65,66)38-27-29-43-40-19-7-11-23-49(40)71(52(43)31-38)59-57(36-15-3-1-4-16-36)48(35-70)58(37-17-5-2-6-18-37)60(72-50-24-12-8-20-41(50)44-30-28-39(32-53(44)72)63(67,68)69)61(59)73-51-25-13-9-21-42(51)46-33-47-45-22-10-14-26-55(45)74-56(47)34-54(46)73/h1-34H. The van der Waals surface area contributed by atoms with Gasteiger partial charge in [-0.3, -0.25) is 0 Å². The van der Waals surface area contributed by atoms with Gasteiger partial charge in [0.2, 0.25) is 0 Å². The number of nitrogens with zero attached hydrogens (tertiary/aromatic N) is 4. The summed E-state index contributed by atoms with van der Waals surface area (Å²) in [5.74, 6) is 0. The van der Waals surface area contributed by atoms with Crippen molar-refractivity contribution in [1.82, 2.24) is 13.7 Å². The van der Waals surface area contributed by atoms with Crippen LogP contribution in [-0.2, 0) is 12.4 Å². The number of thiophene rings is 1. The smallest absolute Gasteiger partial charge is 0.306 e. The summed E-state index contributed by atoms with van der Waals surface area (Å²) in [7, 11) is 0. The molecule has 0 atom stereocenters. The van der Waals surface area contributed by atoms with Crippen LogP contribution in [0.3, 0.4) is 0 Å². The van der Waals surface area contributed by atoms with Gasteiger partial charge in [0.25, 0.3) is 0 Å². The molecule has 14 rings (SSSR count). The summed E-state index contributed by atoms with van der Waals surface area (Å²) in [6.07, 6.45) is -9.47. The number of halogens is 6. The van der Waals surface area contributed by atoms with E-state index in [2.05, 4.69) is 34.9 Å². The number of hydrogen-bond donors (Lipinski definition) is 0. The molecule has 0 radical (unpaired) electrons. The van der Waals surface area contributed by atoms with Crippen LogP contribution in [-0.4, -0.2) is 13.7 Å². The Morgan fingerprint density at radius 2 is 0.730 bits per heavy atom. The van der Waals surface area contributed by atoms with Crippen LogP contribution in [0.25, 0.3) is 125 Å². The molecule has 0 bridgehead atoms. The number of alkyl halides is 6. The zero-order valence-electron chi connectivity index (χ0n) is 38.6. The van der Waals surface area contributed by atoms with Crippen LogP contribution in [0.4, 0.5) is 26.3 Å². The highest BCUT2D eigenvalue weighted by Crippen LogP contribution is 2.53. The number of benzene rings is 10. The van der Waals surface area contributed by atoms with E-state index >= 15 is 26.3 Å². The van der Waals surface area contributed by atoms with Gasteiger partial charge in [0.05, 0.1) is 66.9 Å². The number of aromatic nitrogens is 3. The average Bonchev–Trinajstić information content (AvgIpc) is 4.17. The van der Waals surface area contributed by atoms with Gasteiger partial charge in [0.1, 0.15) is 6.07 Å². The van der Waals surface area contributed by atoms with Gasteiger partial charge >= 0.3 is 12.4 Å². The molecule has 354 valence electrons. The first-order valence-electron chi connectivity index (χ1n) is 23.8. The van der Waals surface area contributed by atoms with Gasteiger partial charge in [-0.25, -0.2) is 0 Å². The summed E-state index contributed by atoms with van der Waals surface area (Å²) >= 11 is 1.64. The lowest BCUT2D eigenvalue weighted by molar-refractivity contribution is -0.138. The Kier molecular flexibility index (Phi) is 9.41. The zero-order chi connectivity index (χ0) is 50.2. The van der Waals surface area contributed by atoms with E-state index in [1.165, 1.54) is 12.1 Å². The molecule has 4 nitrogen and oxygen atoms in total. The molecule has 14 aromatic rings.